The van der Waals surface area contributed by atoms with Crippen molar-refractivity contribution in [2.45, 2.75) is 30.8 Å². The first-order valence-corrected chi connectivity index (χ1v) is 9.50. The van der Waals surface area contributed by atoms with E-state index < -0.39 is 27.3 Å². The molecule has 0 saturated carbocycles. The van der Waals surface area contributed by atoms with Gasteiger partial charge < -0.3 is 0 Å². The zero-order chi connectivity index (χ0) is 19.1. The normalized spacial score (nSPS) is 15.7. The van der Waals surface area contributed by atoms with E-state index >= 15 is 0 Å². The number of nitrogens with zero attached hydrogens (tertiary/aromatic N) is 3. The summed E-state index contributed by atoms with van der Waals surface area (Å²) in [6, 6.07) is 2.26. The number of fused-ring (bicyclic) bond motifs is 1. The average molecular weight is 388 g/mol. The lowest BCUT2D eigenvalue weighted by Crippen LogP contribution is -2.36. The average Bonchev–Trinajstić information content (AvgIpc) is 2.54. The van der Waals surface area contributed by atoms with Gasteiger partial charge in [0.05, 0.1) is 11.3 Å². The fourth-order valence-corrected chi connectivity index (χ4v) is 3.27. The van der Waals surface area contributed by atoms with E-state index in [1.807, 2.05) is 4.90 Å². The highest BCUT2D eigenvalue weighted by molar-refractivity contribution is 7.90. The molecule has 0 saturated heterocycles. The van der Waals surface area contributed by atoms with Crippen LogP contribution in [0, 0.1) is 0 Å². The number of pyridine rings is 1. The number of halogens is 3. The third kappa shape index (κ3) is 3.93. The Morgan fingerprint density at radius 2 is 2.04 bits per heavy atom. The lowest BCUT2D eigenvalue weighted by molar-refractivity contribution is -0.141. The van der Waals surface area contributed by atoms with Crippen molar-refractivity contribution in [3.05, 3.63) is 51.2 Å². The third-order valence-electron chi connectivity index (χ3n) is 4.00. The van der Waals surface area contributed by atoms with Crippen molar-refractivity contribution >= 4 is 9.84 Å². The minimum atomic E-state index is -4.49. The maximum absolute atomic E-state index is 12.5. The molecule has 7 nitrogen and oxygen atoms in total. The fourth-order valence-electron chi connectivity index (χ4n) is 2.71. The van der Waals surface area contributed by atoms with Gasteiger partial charge in [0.15, 0.2) is 0 Å². The van der Waals surface area contributed by atoms with E-state index in [0.29, 0.717) is 36.3 Å². The molecule has 0 aromatic carbocycles. The van der Waals surface area contributed by atoms with Gasteiger partial charge in [-0.3, -0.25) is 19.7 Å². The lowest BCUT2D eigenvalue weighted by atomic mass is 10.1. The number of nitrogens with one attached hydrogen (secondary N) is 1. The summed E-state index contributed by atoms with van der Waals surface area (Å²) in [6.45, 7) is 1.04. The zero-order valence-corrected chi connectivity index (χ0v) is 14.5. The summed E-state index contributed by atoms with van der Waals surface area (Å²) in [4.78, 5) is 23.7. The van der Waals surface area contributed by atoms with Crippen LogP contribution in [0.2, 0.25) is 0 Å². The van der Waals surface area contributed by atoms with E-state index in [0.717, 1.165) is 18.5 Å². The van der Waals surface area contributed by atoms with E-state index in [4.69, 9.17) is 0 Å². The number of alkyl halides is 3. The van der Waals surface area contributed by atoms with Crippen LogP contribution < -0.4 is 5.56 Å². The molecular weight excluding hydrogens is 373 g/mol. The number of aromatic amines is 1. The Morgan fingerprint density at radius 3 is 2.62 bits per heavy atom. The molecule has 140 valence electrons. The molecule has 1 aliphatic rings. The summed E-state index contributed by atoms with van der Waals surface area (Å²) in [6.07, 6.45) is -1.99. The SMILES string of the molecule is CS(=O)(=O)c1nc2c(c(=O)[nH]1)CN(Cc1ccc(C(F)(F)F)nc1)CC2. The lowest BCUT2D eigenvalue weighted by Gasteiger charge is -2.27. The van der Waals surface area contributed by atoms with Crippen LogP contribution in [0.15, 0.2) is 28.3 Å². The first-order valence-electron chi connectivity index (χ1n) is 7.60. The summed E-state index contributed by atoms with van der Waals surface area (Å²) < 4.78 is 60.7. The predicted molar refractivity (Wildman–Crippen MR) is 85.0 cm³/mol. The Morgan fingerprint density at radius 1 is 1.31 bits per heavy atom. The van der Waals surface area contributed by atoms with E-state index in [9.17, 15) is 26.4 Å². The summed E-state index contributed by atoms with van der Waals surface area (Å²) in [5.41, 5.74) is -0.108. The monoisotopic (exact) mass is 388 g/mol. The van der Waals surface area contributed by atoms with Gasteiger partial charge in [0.25, 0.3) is 5.56 Å². The van der Waals surface area contributed by atoms with Crippen LogP contribution in [0.3, 0.4) is 0 Å². The van der Waals surface area contributed by atoms with Crippen LogP contribution in [0.4, 0.5) is 13.2 Å². The molecule has 3 heterocycles. The second-order valence-corrected chi connectivity index (χ2v) is 8.01. The van der Waals surface area contributed by atoms with Crippen LogP contribution in [0.5, 0.6) is 0 Å². The quantitative estimate of drug-likeness (QED) is 0.793. The molecule has 0 aliphatic carbocycles. The van der Waals surface area contributed by atoms with Crippen molar-refractivity contribution in [1.29, 1.82) is 0 Å². The topological polar surface area (TPSA) is 96.0 Å². The molecule has 2 aromatic rings. The van der Waals surface area contributed by atoms with Gasteiger partial charge >= 0.3 is 6.18 Å². The maximum Gasteiger partial charge on any atom is 0.433 e. The number of sulfone groups is 1. The Bertz CT molecular complexity index is 985. The molecule has 0 atom stereocenters. The molecule has 0 amide bonds. The molecule has 0 radical (unpaired) electrons. The van der Waals surface area contributed by atoms with Crippen LogP contribution in [-0.2, 0) is 35.5 Å². The molecule has 1 aliphatic heterocycles. The minimum Gasteiger partial charge on any atom is -0.297 e. The third-order valence-corrected chi connectivity index (χ3v) is 4.89. The number of hydrogen-bond acceptors (Lipinski definition) is 6. The van der Waals surface area contributed by atoms with Crippen LogP contribution in [0.25, 0.3) is 0 Å². The Balaban J connectivity index is 1.78. The van der Waals surface area contributed by atoms with Gasteiger partial charge in [0.1, 0.15) is 5.69 Å². The van der Waals surface area contributed by atoms with Gasteiger partial charge in [-0.15, -0.1) is 0 Å². The molecule has 2 aromatic heterocycles. The fraction of sp³-hybridized carbons (Fsp3) is 0.400. The van der Waals surface area contributed by atoms with E-state index in [1.54, 1.807) is 0 Å². The number of hydrogen-bond donors (Lipinski definition) is 1. The molecular formula is C15H15F3N4O3S. The van der Waals surface area contributed by atoms with Crippen molar-refractivity contribution in [3.8, 4) is 0 Å². The highest BCUT2D eigenvalue weighted by Crippen LogP contribution is 2.27. The second kappa shape index (κ2) is 6.47. The largest absolute Gasteiger partial charge is 0.433 e. The highest BCUT2D eigenvalue weighted by atomic mass is 32.2. The standard InChI is InChI=1S/C15H15F3N4O3S/c1-26(24,25)14-20-11-4-5-22(8-10(11)13(23)21-14)7-9-2-3-12(19-6-9)15(16,17)18/h2-3,6H,4-5,7-8H2,1H3,(H,20,21,23). The molecule has 0 bridgehead atoms. The van der Waals surface area contributed by atoms with Crippen molar-refractivity contribution in [1.82, 2.24) is 19.9 Å². The van der Waals surface area contributed by atoms with Gasteiger partial charge in [-0.1, -0.05) is 6.07 Å². The number of H-pyrrole nitrogens is 1. The van der Waals surface area contributed by atoms with Gasteiger partial charge in [-0.2, -0.15) is 13.2 Å². The molecule has 3 rings (SSSR count). The molecule has 1 N–H and O–H groups in total. The van der Waals surface area contributed by atoms with E-state index in [-0.39, 0.29) is 11.7 Å². The van der Waals surface area contributed by atoms with Gasteiger partial charge in [-0.25, -0.2) is 13.4 Å². The van der Waals surface area contributed by atoms with Crippen molar-refractivity contribution in [2.75, 3.05) is 12.8 Å². The predicted octanol–water partition coefficient (Wildman–Crippen LogP) is 1.15. The Labute approximate surface area is 146 Å². The van der Waals surface area contributed by atoms with Crippen LogP contribution >= 0.6 is 0 Å². The minimum absolute atomic E-state index is 0.225. The first-order chi connectivity index (χ1) is 12.0. The molecule has 26 heavy (non-hydrogen) atoms. The molecule has 0 spiro atoms. The number of rotatable bonds is 3. The van der Waals surface area contributed by atoms with Crippen LogP contribution in [-0.4, -0.2) is 41.1 Å². The summed E-state index contributed by atoms with van der Waals surface area (Å²) in [5, 5.41) is -0.360. The smallest absolute Gasteiger partial charge is 0.297 e. The first kappa shape index (κ1) is 18.5. The van der Waals surface area contributed by atoms with Crippen molar-refractivity contribution < 1.29 is 21.6 Å². The van der Waals surface area contributed by atoms with E-state index in [1.165, 1.54) is 6.07 Å². The van der Waals surface area contributed by atoms with Crippen molar-refractivity contribution in [2.24, 2.45) is 0 Å². The maximum atomic E-state index is 12.5. The molecule has 11 heteroatoms. The summed E-state index contributed by atoms with van der Waals surface area (Å²) in [7, 11) is -3.62. The van der Waals surface area contributed by atoms with E-state index in [2.05, 4.69) is 15.0 Å². The van der Waals surface area contributed by atoms with Gasteiger partial charge in [0.2, 0.25) is 15.0 Å². The summed E-state index contributed by atoms with van der Waals surface area (Å²) >= 11 is 0. The number of aromatic nitrogens is 3. The molecule has 0 fully saturated rings. The Kier molecular flexibility index (Phi) is 4.61. The Hall–Kier alpha value is -2.27. The van der Waals surface area contributed by atoms with Gasteiger partial charge in [-0.05, 0) is 11.6 Å². The molecule has 0 unspecified atom stereocenters. The van der Waals surface area contributed by atoms with Gasteiger partial charge in [0, 0.05) is 38.5 Å². The zero-order valence-electron chi connectivity index (χ0n) is 13.7. The van der Waals surface area contributed by atoms with Crippen LogP contribution in [0.1, 0.15) is 22.5 Å². The highest BCUT2D eigenvalue weighted by Gasteiger charge is 2.32. The van der Waals surface area contributed by atoms with Crippen molar-refractivity contribution in [3.63, 3.8) is 0 Å². The second-order valence-electron chi connectivity index (χ2n) is 6.08. The summed E-state index contributed by atoms with van der Waals surface area (Å²) in [5.74, 6) is 0.